The number of hydrogen-bond donors (Lipinski definition) is 0. The van der Waals surface area contributed by atoms with Gasteiger partial charge in [0.05, 0.1) is 16.5 Å². The van der Waals surface area contributed by atoms with Crippen LogP contribution in [0.25, 0.3) is 0 Å². The maximum Gasteiger partial charge on any atom is 0.243 e. The molecule has 9 heteroatoms. The van der Waals surface area contributed by atoms with Gasteiger partial charge in [0.25, 0.3) is 0 Å². The van der Waals surface area contributed by atoms with Crippen molar-refractivity contribution in [1.82, 2.24) is 9.21 Å². The number of nitrogens with zero attached hydrogens (tertiary/aromatic N) is 4. The van der Waals surface area contributed by atoms with Crippen LogP contribution in [0.15, 0.2) is 47.4 Å². The third kappa shape index (κ3) is 4.87. The lowest BCUT2D eigenvalue weighted by atomic mass is 9.93. The van der Waals surface area contributed by atoms with Gasteiger partial charge in [-0.1, -0.05) is 18.6 Å². The van der Waals surface area contributed by atoms with Crippen LogP contribution in [0, 0.1) is 17.1 Å². The summed E-state index contributed by atoms with van der Waals surface area (Å²) in [4.78, 5) is 15.4. The number of carbonyl (C=O) groups excluding carboxylic acids is 1. The molecule has 1 aliphatic heterocycles. The second kappa shape index (κ2) is 9.49. The van der Waals surface area contributed by atoms with Crippen LogP contribution < -0.4 is 4.90 Å². The molecule has 0 spiro atoms. The maximum absolute atomic E-state index is 15.1. The van der Waals surface area contributed by atoms with Crippen molar-refractivity contribution in [3.8, 4) is 6.07 Å². The van der Waals surface area contributed by atoms with Crippen molar-refractivity contribution in [2.75, 3.05) is 31.1 Å². The Morgan fingerprint density at radius 3 is 2.45 bits per heavy atom. The molecule has 0 radical (unpaired) electrons. The summed E-state index contributed by atoms with van der Waals surface area (Å²) in [6.07, 6.45) is 2.40. The molecule has 0 unspecified atom stereocenters. The van der Waals surface area contributed by atoms with Crippen LogP contribution in [-0.2, 0) is 21.4 Å². The Morgan fingerprint density at radius 2 is 1.88 bits per heavy atom. The topological polar surface area (TPSA) is 84.7 Å². The van der Waals surface area contributed by atoms with Gasteiger partial charge < -0.3 is 9.80 Å². The molecule has 4 rings (SSSR count). The largest absolute Gasteiger partial charge is 0.368 e. The van der Waals surface area contributed by atoms with E-state index in [4.69, 9.17) is 5.26 Å². The summed E-state index contributed by atoms with van der Waals surface area (Å²) in [5.74, 6) is -0.416. The van der Waals surface area contributed by atoms with Gasteiger partial charge in [-0.25, -0.2) is 12.8 Å². The minimum atomic E-state index is -3.89. The molecule has 1 aliphatic carbocycles. The van der Waals surface area contributed by atoms with E-state index in [1.165, 1.54) is 22.5 Å². The fourth-order valence-electron chi connectivity index (χ4n) is 4.26. The molecule has 2 aromatic carbocycles. The summed E-state index contributed by atoms with van der Waals surface area (Å²) < 4.78 is 43.3. The Kier molecular flexibility index (Phi) is 6.68. The molecule has 0 aromatic heterocycles. The number of rotatable bonds is 6. The predicted molar refractivity (Wildman–Crippen MR) is 122 cm³/mol. The van der Waals surface area contributed by atoms with E-state index in [1.54, 1.807) is 30.0 Å². The molecular weight excluding hydrogens is 443 g/mol. The van der Waals surface area contributed by atoms with E-state index in [0.717, 1.165) is 24.9 Å². The molecule has 1 heterocycles. The monoisotopic (exact) mass is 470 g/mol. The number of nitriles is 1. The Hall–Kier alpha value is -2.96. The molecule has 2 fully saturated rings. The number of anilines is 1. The first kappa shape index (κ1) is 23.2. The Balaban J connectivity index is 1.55. The van der Waals surface area contributed by atoms with E-state index < -0.39 is 15.8 Å². The van der Waals surface area contributed by atoms with Gasteiger partial charge in [0, 0.05) is 56.9 Å². The quantitative estimate of drug-likeness (QED) is 0.648. The van der Waals surface area contributed by atoms with Crippen molar-refractivity contribution < 1.29 is 17.6 Å². The highest BCUT2D eigenvalue weighted by Gasteiger charge is 2.35. The molecule has 0 bridgehead atoms. The molecule has 1 saturated carbocycles. The van der Waals surface area contributed by atoms with Crippen LogP contribution in [0.3, 0.4) is 0 Å². The number of piperazine rings is 1. The van der Waals surface area contributed by atoms with Crippen LogP contribution in [-0.4, -0.2) is 55.8 Å². The molecule has 1 saturated heterocycles. The summed E-state index contributed by atoms with van der Waals surface area (Å²) in [5, 5.41) is 9.15. The molecule has 7 nitrogen and oxygen atoms in total. The minimum absolute atomic E-state index is 0.0359. The maximum atomic E-state index is 15.1. The molecule has 0 atom stereocenters. The van der Waals surface area contributed by atoms with Crippen molar-refractivity contribution in [2.45, 2.75) is 43.7 Å². The Morgan fingerprint density at radius 1 is 1.15 bits per heavy atom. The van der Waals surface area contributed by atoms with Crippen molar-refractivity contribution in [1.29, 1.82) is 5.26 Å². The van der Waals surface area contributed by atoms with Crippen LogP contribution in [0.2, 0.25) is 0 Å². The highest BCUT2D eigenvalue weighted by Crippen LogP contribution is 2.33. The first-order chi connectivity index (χ1) is 15.8. The van der Waals surface area contributed by atoms with Crippen molar-refractivity contribution in [3.05, 3.63) is 59.4 Å². The molecule has 1 amide bonds. The number of amides is 1. The fraction of sp³-hybridized carbons (Fsp3) is 0.417. The zero-order chi connectivity index (χ0) is 23.6. The summed E-state index contributed by atoms with van der Waals surface area (Å²) >= 11 is 0. The Bertz CT molecular complexity index is 1180. The van der Waals surface area contributed by atoms with E-state index >= 15 is 4.39 Å². The second-order valence-corrected chi connectivity index (χ2v) is 10.4. The average molecular weight is 471 g/mol. The lowest BCUT2D eigenvalue weighted by Crippen LogP contribution is -2.48. The number of sulfonamides is 1. The Labute approximate surface area is 194 Å². The SMILES string of the molecule is CC(=O)N1CCN(c2ccc(CN(C3CCC3)S(=O)(=O)c3cccc(C#N)c3)c(F)c2)CC1. The van der Waals surface area contributed by atoms with Crippen LogP contribution >= 0.6 is 0 Å². The zero-order valence-electron chi connectivity index (χ0n) is 18.6. The van der Waals surface area contributed by atoms with Gasteiger partial charge in [-0.15, -0.1) is 0 Å². The van der Waals surface area contributed by atoms with Crippen molar-refractivity contribution in [2.24, 2.45) is 0 Å². The van der Waals surface area contributed by atoms with Crippen LogP contribution in [0.5, 0.6) is 0 Å². The molecular formula is C24H27FN4O3S. The van der Waals surface area contributed by atoms with E-state index in [1.807, 2.05) is 17.0 Å². The zero-order valence-corrected chi connectivity index (χ0v) is 19.4. The number of hydrogen-bond acceptors (Lipinski definition) is 5. The number of halogens is 1. The molecule has 174 valence electrons. The second-order valence-electron chi connectivity index (χ2n) is 8.54. The number of carbonyl (C=O) groups is 1. The molecule has 2 aliphatic rings. The first-order valence-electron chi connectivity index (χ1n) is 11.1. The lowest BCUT2D eigenvalue weighted by molar-refractivity contribution is -0.129. The highest BCUT2D eigenvalue weighted by atomic mass is 32.2. The predicted octanol–water partition coefficient (Wildman–Crippen LogP) is 3.11. The summed E-state index contributed by atoms with van der Waals surface area (Å²) in [6, 6.07) is 12.6. The third-order valence-corrected chi connectivity index (χ3v) is 8.40. The van der Waals surface area contributed by atoms with Crippen LogP contribution in [0.4, 0.5) is 10.1 Å². The average Bonchev–Trinajstić information content (AvgIpc) is 2.78. The normalized spacial score (nSPS) is 17.0. The standard InChI is InChI=1S/C24H27FN4O3S/c1-18(30)27-10-12-28(13-11-27)22-9-8-20(24(25)15-22)17-29(21-5-3-6-21)33(31,32)23-7-2-4-19(14-23)16-26/h2,4,7-9,14-15,21H,3,5-6,10-13,17H2,1H3. The molecule has 0 N–H and O–H groups in total. The smallest absolute Gasteiger partial charge is 0.243 e. The van der Waals surface area contributed by atoms with Gasteiger partial charge in [0.15, 0.2) is 0 Å². The first-order valence-corrected chi connectivity index (χ1v) is 12.5. The number of benzene rings is 2. The molecule has 33 heavy (non-hydrogen) atoms. The van der Waals surface area contributed by atoms with E-state index in [0.29, 0.717) is 31.7 Å². The van der Waals surface area contributed by atoms with Gasteiger partial charge in [-0.3, -0.25) is 4.79 Å². The molecule has 2 aromatic rings. The van der Waals surface area contributed by atoms with Crippen molar-refractivity contribution >= 4 is 21.6 Å². The van der Waals surface area contributed by atoms with E-state index in [9.17, 15) is 13.2 Å². The third-order valence-electron chi connectivity index (χ3n) is 6.50. The van der Waals surface area contributed by atoms with Crippen molar-refractivity contribution in [3.63, 3.8) is 0 Å². The van der Waals surface area contributed by atoms with Gasteiger partial charge in [-0.2, -0.15) is 9.57 Å². The van der Waals surface area contributed by atoms with Crippen LogP contribution in [0.1, 0.15) is 37.3 Å². The van der Waals surface area contributed by atoms with Gasteiger partial charge in [-0.05, 0) is 43.2 Å². The van der Waals surface area contributed by atoms with Gasteiger partial charge in [0.1, 0.15) is 5.82 Å². The fourth-order valence-corrected chi connectivity index (χ4v) is 5.96. The summed E-state index contributed by atoms with van der Waals surface area (Å²) in [5.41, 5.74) is 1.30. The highest BCUT2D eigenvalue weighted by molar-refractivity contribution is 7.89. The summed E-state index contributed by atoms with van der Waals surface area (Å²) in [6.45, 7) is 3.91. The lowest BCUT2D eigenvalue weighted by Gasteiger charge is -2.37. The van der Waals surface area contributed by atoms with Gasteiger partial charge >= 0.3 is 0 Å². The summed E-state index contributed by atoms with van der Waals surface area (Å²) in [7, 11) is -3.89. The van der Waals surface area contributed by atoms with E-state index in [-0.39, 0.29) is 29.0 Å². The minimum Gasteiger partial charge on any atom is -0.368 e. The van der Waals surface area contributed by atoms with Gasteiger partial charge in [0.2, 0.25) is 15.9 Å². The van der Waals surface area contributed by atoms with E-state index in [2.05, 4.69) is 0 Å².